The summed E-state index contributed by atoms with van der Waals surface area (Å²) in [4.78, 5) is 13.4. The standard InChI is InChI=1S/C10H18N2O3S/c1-5-12(8-6-7-11)9(13)10(2,3)16(4,14)15/h5-6,8H2,1-4H3. The summed E-state index contributed by atoms with van der Waals surface area (Å²) >= 11 is 0. The predicted molar refractivity (Wildman–Crippen MR) is 61.4 cm³/mol. The first-order chi connectivity index (χ1) is 7.18. The van der Waals surface area contributed by atoms with Crippen molar-refractivity contribution in [2.45, 2.75) is 31.9 Å². The van der Waals surface area contributed by atoms with E-state index in [2.05, 4.69) is 0 Å². The van der Waals surface area contributed by atoms with Crippen LogP contribution in [0.5, 0.6) is 0 Å². The molecule has 92 valence electrons. The van der Waals surface area contributed by atoms with Gasteiger partial charge < -0.3 is 4.90 Å². The molecule has 0 radical (unpaired) electrons. The first-order valence-electron chi connectivity index (χ1n) is 5.04. The van der Waals surface area contributed by atoms with E-state index in [9.17, 15) is 13.2 Å². The summed E-state index contributed by atoms with van der Waals surface area (Å²) in [6.07, 6.45) is 1.25. The zero-order valence-electron chi connectivity index (χ0n) is 10.1. The average Bonchev–Trinajstić information content (AvgIpc) is 2.16. The number of nitriles is 1. The summed E-state index contributed by atoms with van der Waals surface area (Å²) in [5, 5.41) is 8.45. The van der Waals surface area contributed by atoms with Crippen molar-refractivity contribution in [3.05, 3.63) is 0 Å². The number of carbonyl (C=O) groups excluding carboxylic acids is 1. The highest BCUT2D eigenvalue weighted by atomic mass is 32.2. The van der Waals surface area contributed by atoms with Crippen LogP contribution in [0.25, 0.3) is 0 Å². The first-order valence-corrected chi connectivity index (χ1v) is 6.93. The van der Waals surface area contributed by atoms with Crippen molar-refractivity contribution < 1.29 is 13.2 Å². The Balaban J connectivity index is 4.97. The summed E-state index contributed by atoms with van der Waals surface area (Å²) in [6.45, 7) is 5.21. The van der Waals surface area contributed by atoms with E-state index in [1.165, 1.54) is 18.7 Å². The molecular weight excluding hydrogens is 228 g/mol. The minimum atomic E-state index is -3.46. The van der Waals surface area contributed by atoms with E-state index in [-0.39, 0.29) is 13.0 Å². The minimum Gasteiger partial charge on any atom is -0.341 e. The normalized spacial score (nSPS) is 11.9. The molecule has 5 nitrogen and oxygen atoms in total. The molecule has 0 aliphatic rings. The molecule has 0 saturated heterocycles. The van der Waals surface area contributed by atoms with Gasteiger partial charge in [0.25, 0.3) is 0 Å². The Morgan fingerprint density at radius 3 is 2.25 bits per heavy atom. The van der Waals surface area contributed by atoms with Crippen molar-refractivity contribution in [1.29, 1.82) is 5.26 Å². The summed E-state index contributed by atoms with van der Waals surface area (Å²) < 4.78 is 21.5. The molecule has 0 aromatic rings. The molecule has 0 rings (SSSR count). The fraction of sp³-hybridized carbons (Fsp3) is 0.800. The maximum absolute atomic E-state index is 12.0. The smallest absolute Gasteiger partial charge is 0.243 e. The Hall–Kier alpha value is -1.09. The lowest BCUT2D eigenvalue weighted by atomic mass is 10.1. The monoisotopic (exact) mass is 246 g/mol. The predicted octanol–water partition coefficient (Wildman–Crippen LogP) is 0.572. The lowest BCUT2D eigenvalue weighted by molar-refractivity contribution is -0.132. The van der Waals surface area contributed by atoms with E-state index < -0.39 is 20.5 Å². The second-order valence-corrected chi connectivity index (χ2v) is 6.64. The molecule has 0 bridgehead atoms. The van der Waals surface area contributed by atoms with Crippen molar-refractivity contribution >= 4 is 15.7 Å². The Morgan fingerprint density at radius 1 is 1.44 bits per heavy atom. The second kappa shape index (κ2) is 5.30. The topological polar surface area (TPSA) is 78.2 Å². The molecule has 6 heteroatoms. The number of nitrogens with zero attached hydrogens (tertiary/aromatic N) is 2. The van der Waals surface area contributed by atoms with E-state index in [0.717, 1.165) is 6.26 Å². The highest BCUT2D eigenvalue weighted by Gasteiger charge is 2.40. The number of amides is 1. The quantitative estimate of drug-likeness (QED) is 0.710. The minimum absolute atomic E-state index is 0.208. The third kappa shape index (κ3) is 3.20. The van der Waals surface area contributed by atoms with Crippen molar-refractivity contribution in [3.8, 4) is 6.07 Å². The summed E-state index contributed by atoms with van der Waals surface area (Å²) in [5.74, 6) is -0.451. The van der Waals surface area contributed by atoms with E-state index >= 15 is 0 Å². The molecular formula is C10H18N2O3S. The molecule has 0 aromatic carbocycles. The average molecular weight is 246 g/mol. The third-order valence-electron chi connectivity index (χ3n) is 2.60. The van der Waals surface area contributed by atoms with Crippen molar-refractivity contribution in [3.63, 3.8) is 0 Å². The maximum atomic E-state index is 12.0. The molecule has 0 unspecified atom stereocenters. The van der Waals surface area contributed by atoms with E-state index in [4.69, 9.17) is 5.26 Å². The largest absolute Gasteiger partial charge is 0.341 e. The Bertz CT molecular complexity index is 393. The zero-order valence-corrected chi connectivity index (χ0v) is 11.0. The SMILES string of the molecule is CCN(CCC#N)C(=O)C(C)(C)S(C)(=O)=O. The highest BCUT2D eigenvalue weighted by Crippen LogP contribution is 2.18. The fourth-order valence-electron chi connectivity index (χ4n) is 1.13. The molecule has 0 spiro atoms. The van der Waals surface area contributed by atoms with Crippen LogP contribution in [0.1, 0.15) is 27.2 Å². The van der Waals surface area contributed by atoms with Gasteiger partial charge in [-0.3, -0.25) is 4.79 Å². The van der Waals surface area contributed by atoms with Gasteiger partial charge in [0.15, 0.2) is 9.84 Å². The number of carbonyl (C=O) groups is 1. The van der Waals surface area contributed by atoms with Crippen LogP contribution in [0, 0.1) is 11.3 Å². The van der Waals surface area contributed by atoms with E-state index in [1.54, 1.807) is 6.92 Å². The molecule has 0 saturated carbocycles. The molecule has 0 atom stereocenters. The van der Waals surface area contributed by atoms with Gasteiger partial charge in [-0.15, -0.1) is 0 Å². The molecule has 0 heterocycles. The number of rotatable bonds is 5. The van der Waals surface area contributed by atoms with Crippen molar-refractivity contribution in [2.24, 2.45) is 0 Å². The number of hydrogen-bond acceptors (Lipinski definition) is 4. The van der Waals surface area contributed by atoms with Gasteiger partial charge in [0.1, 0.15) is 4.75 Å². The Labute approximate surface area is 97.0 Å². The van der Waals surface area contributed by atoms with Crippen LogP contribution in [0.15, 0.2) is 0 Å². The zero-order chi connectivity index (χ0) is 13.0. The first kappa shape index (κ1) is 14.9. The van der Waals surface area contributed by atoms with E-state index in [1.807, 2.05) is 6.07 Å². The Morgan fingerprint density at radius 2 is 1.94 bits per heavy atom. The van der Waals surface area contributed by atoms with Crippen LogP contribution in [-0.2, 0) is 14.6 Å². The van der Waals surface area contributed by atoms with Gasteiger partial charge in [-0.05, 0) is 20.8 Å². The highest BCUT2D eigenvalue weighted by molar-refractivity contribution is 7.92. The number of hydrogen-bond donors (Lipinski definition) is 0. The molecule has 0 aliphatic heterocycles. The molecule has 0 aliphatic carbocycles. The summed E-state index contributed by atoms with van der Waals surface area (Å²) in [7, 11) is -3.46. The van der Waals surface area contributed by atoms with Crippen molar-refractivity contribution in [1.82, 2.24) is 4.90 Å². The van der Waals surface area contributed by atoms with Gasteiger partial charge in [-0.1, -0.05) is 0 Å². The maximum Gasteiger partial charge on any atom is 0.243 e. The Kier molecular flexibility index (Phi) is 4.94. The van der Waals surface area contributed by atoms with Gasteiger partial charge in [0.05, 0.1) is 12.5 Å². The summed E-state index contributed by atoms with van der Waals surface area (Å²) in [6, 6.07) is 1.93. The van der Waals surface area contributed by atoms with Crippen LogP contribution in [0.3, 0.4) is 0 Å². The molecule has 0 aromatic heterocycles. The van der Waals surface area contributed by atoms with Gasteiger partial charge in [-0.25, -0.2) is 8.42 Å². The van der Waals surface area contributed by atoms with Crippen LogP contribution < -0.4 is 0 Å². The van der Waals surface area contributed by atoms with Crippen LogP contribution >= 0.6 is 0 Å². The number of sulfone groups is 1. The molecule has 0 fully saturated rings. The van der Waals surface area contributed by atoms with Crippen LogP contribution in [-0.4, -0.2) is 43.3 Å². The van der Waals surface area contributed by atoms with E-state index in [0.29, 0.717) is 6.54 Å². The van der Waals surface area contributed by atoms with Crippen molar-refractivity contribution in [2.75, 3.05) is 19.3 Å². The van der Waals surface area contributed by atoms with Gasteiger partial charge >= 0.3 is 0 Å². The van der Waals surface area contributed by atoms with Crippen LogP contribution in [0.2, 0.25) is 0 Å². The molecule has 16 heavy (non-hydrogen) atoms. The van der Waals surface area contributed by atoms with Gasteiger partial charge in [-0.2, -0.15) is 5.26 Å². The lowest BCUT2D eigenvalue weighted by Crippen LogP contribution is -2.49. The second-order valence-electron chi connectivity index (χ2n) is 4.08. The van der Waals surface area contributed by atoms with Gasteiger partial charge in [0.2, 0.25) is 5.91 Å². The fourth-order valence-corrected chi connectivity index (χ4v) is 1.57. The molecule has 0 N–H and O–H groups in total. The molecule has 1 amide bonds. The van der Waals surface area contributed by atoms with Gasteiger partial charge in [0, 0.05) is 19.3 Å². The lowest BCUT2D eigenvalue weighted by Gasteiger charge is -2.29. The summed E-state index contributed by atoms with van der Waals surface area (Å²) in [5.41, 5.74) is 0. The third-order valence-corrected chi connectivity index (χ3v) is 4.63. The van der Waals surface area contributed by atoms with Crippen LogP contribution in [0.4, 0.5) is 0 Å².